The molecule has 37 heavy (non-hydrogen) atoms. The number of halogens is 2. The number of nitrogens with zero attached hydrogens (tertiary/aromatic N) is 2. The van der Waals surface area contributed by atoms with Crippen molar-refractivity contribution < 1.29 is 22.7 Å². The Morgan fingerprint density at radius 1 is 1.05 bits per heavy atom. The summed E-state index contributed by atoms with van der Waals surface area (Å²) in [6.45, 7) is 6.59. The molecule has 2 aromatic carbocycles. The molecule has 2 aromatic rings. The lowest BCUT2D eigenvalue weighted by molar-refractivity contribution is -0.140. The Kier molecular flexibility index (Phi) is 12.0. The van der Waals surface area contributed by atoms with Gasteiger partial charge in [0.25, 0.3) is 0 Å². The van der Waals surface area contributed by atoms with Crippen LogP contribution in [0.3, 0.4) is 0 Å². The Labute approximate surface area is 229 Å². The number of carbonyl (C=O) groups excluding carboxylic acids is 2. The monoisotopic (exact) mass is 571 g/mol. The fourth-order valence-electron chi connectivity index (χ4n) is 3.71. The number of sulfonamides is 1. The van der Waals surface area contributed by atoms with Crippen LogP contribution in [0.1, 0.15) is 45.6 Å². The summed E-state index contributed by atoms with van der Waals surface area (Å²) in [7, 11) is -3.59. The fourth-order valence-corrected chi connectivity index (χ4v) is 5.19. The van der Waals surface area contributed by atoms with Crippen molar-refractivity contribution in [1.29, 1.82) is 0 Å². The van der Waals surface area contributed by atoms with Crippen molar-refractivity contribution in [3.8, 4) is 5.75 Å². The molecule has 0 saturated carbocycles. The van der Waals surface area contributed by atoms with Crippen molar-refractivity contribution in [2.45, 2.75) is 52.6 Å². The van der Waals surface area contributed by atoms with Gasteiger partial charge < -0.3 is 15.0 Å². The van der Waals surface area contributed by atoms with Crippen molar-refractivity contribution in [3.05, 3.63) is 58.1 Å². The van der Waals surface area contributed by atoms with Gasteiger partial charge in [0.15, 0.2) is 0 Å². The van der Waals surface area contributed by atoms with Crippen LogP contribution in [0.25, 0.3) is 0 Å². The summed E-state index contributed by atoms with van der Waals surface area (Å²) in [5.74, 6) is 0.0416. The van der Waals surface area contributed by atoms with Gasteiger partial charge in [0.2, 0.25) is 21.8 Å². The van der Waals surface area contributed by atoms with Crippen LogP contribution < -0.4 is 14.4 Å². The van der Waals surface area contributed by atoms with Crippen molar-refractivity contribution in [3.63, 3.8) is 0 Å². The summed E-state index contributed by atoms with van der Waals surface area (Å²) in [5.41, 5.74) is 1.02. The maximum atomic E-state index is 13.3. The summed E-state index contributed by atoms with van der Waals surface area (Å²) in [4.78, 5) is 27.5. The zero-order valence-electron chi connectivity index (χ0n) is 21.7. The van der Waals surface area contributed by atoms with Crippen LogP contribution in [0.4, 0.5) is 5.69 Å². The zero-order valence-corrected chi connectivity index (χ0v) is 24.0. The first-order valence-corrected chi connectivity index (χ1v) is 14.8. The lowest BCUT2D eigenvalue weighted by Crippen LogP contribution is -2.48. The minimum Gasteiger partial charge on any atom is -0.494 e. The highest BCUT2D eigenvalue weighted by Crippen LogP contribution is 2.27. The lowest BCUT2D eigenvalue weighted by atomic mass is 10.1. The molecular weight excluding hydrogens is 537 g/mol. The molecule has 0 aliphatic rings. The maximum absolute atomic E-state index is 13.3. The third kappa shape index (κ3) is 9.09. The summed E-state index contributed by atoms with van der Waals surface area (Å²) < 4.78 is 31.6. The van der Waals surface area contributed by atoms with Gasteiger partial charge in [-0.05, 0) is 63.1 Å². The lowest BCUT2D eigenvalue weighted by Gasteiger charge is -2.30. The molecule has 0 aliphatic heterocycles. The number of nitrogens with one attached hydrogen (secondary N) is 1. The molecule has 0 heterocycles. The molecule has 2 rings (SSSR count). The highest BCUT2D eigenvalue weighted by Gasteiger charge is 2.27. The number of carbonyl (C=O) groups is 2. The SMILES string of the molecule is CCCNC(=O)C(C)N(Cc1c(Cl)cccc1Cl)C(=O)CCCN(c1ccc(OCC)cc1)S(C)(=O)=O. The van der Waals surface area contributed by atoms with Gasteiger partial charge in [-0.2, -0.15) is 0 Å². The second-order valence-corrected chi connectivity index (χ2v) is 11.3. The minimum atomic E-state index is -3.59. The number of hydrogen-bond acceptors (Lipinski definition) is 5. The molecule has 0 aromatic heterocycles. The number of ether oxygens (including phenoxy) is 1. The number of hydrogen-bond donors (Lipinski definition) is 1. The second kappa shape index (κ2) is 14.4. The van der Waals surface area contributed by atoms with E-state index in [4.69, 9.17) is 27.9 Å². The normalized spacial score (nSPS) is 12.1. The Morgan fingerprint density at radius 3 is 2.22 bits per heavy atom. The van der Waals surface area contributed by atoms with E-state index in [0.29, 0.717) is 40.2 Å². The average Bonchev–Trinajstić information content (AvgIpc) is 2.84. The van der Waals surface area contributed by atoms with Crippen LogP contribution in [0.5, 0.6) is 5.75 Å². The predicted molar refractivity (Wildman–Crippen MR) is 149 cm³/mol. The van der Waals surface area contributed by atoms with E-state index in [1.807, 2.05) is 13.8 Å². The summed E-state index contributed by atoms with van der Waals surface area (Å²) >= 11 is 12.7. The third-order valence-corrected chi connectivity index (χ3v) is 7.60. The van der Waals surface area contributed by atoms with Crippen molar-refractivity contribution in [1.82, 2.24) is 10.2 Å². The highest BCUT2D eigenvalue weighted by molar-refractivity contribution is 7.92. The first kappa shape index (κ1) is 30.7. The van der Waals surface area contributed by atoms with Gasteiger partial charge in [0.1, 0.15) is 11.8 Å². The van der Waals surface area contributed by atoms with Crippen LogP contribution in [-0.2, 0) is 26.2 Å². The average molecular weight is 573 g/mol. The van der Waals surface area contributed by atoms with Gasteiger partial charge in [-0.15, -0.1) is 0 Å². The minimum absolute atomic E-state index is 0.0243. The molecule has 0 saturated heterocycles. The predicted octanol–water partition coefficient (Wildman–Crippen LogP) is 4.88. The van der Waals surface area contributed by atoms with E-state index in [9.17, 15) is 18.0 Å². The molecule has 1 N–H and O–H groups in total. The number of rotatable bonds is 14. The molecule has 1 unspecified atom stereocenters. The number of amides is 2. The smallest absolute Gasteiger partial charge is 0.242 e. The van der Waals surface area contributed by atoms with Gasteiger partial charge in [0.05, 0.1) is 18.6 Å². The van der Waals surface area contributed by atoms with Crippen molar-refractivity contribution >= 4 is 50.7 Å². The molecule has 11 heteroatoms. The number of benzene rings is 2. The van der Waals surface area contributed by atoms with Gasteiger partial charge >= 0.3 is 0 Å². The number of anilines is 1. The van der Waals surface area contributed by atoms with E-state index in [0.717, 1.165) is 12.7 Å². The van der Waals surface area contributed by atoms with Crippen LogP contribution >= 0.6 is 23.2 Å². The van der Waals surface area contributed by atoms with Gasteiger partial charge in [-0.1, -0.05) is 36.2 Å². The van der Waals surface area contributed by atoms with Crippen LogP contribution in [-0.4, -0.2) is 57.1 Å². The van der Waals surface area contributed by atoms with Gasteiger partial charge in [0, 0.05) is 41.7 Å². The first-order chi connectivity index (χ1) is 17.5. The van der Waals surface area contributed by atoms with E-state index in [2.05, 4.69) is 5.32 Å². The van der Waals surface area contributed by atoms with Gasteiger partial charge in [-0.25, -0.2) is 8.42 Å². The Balaban J connectivity index is 2.19. The molecule has 0 fully saturated rings. The standard InChI is InChI=1S/C26H35Cl2N3O5S/c1-5-16-29-26(33)19(3)30(18-22-23(27)9-7-10-24(22)28)25(32)11-8-17-31(37(4,34)35)20-12-14-21(15-13-20)36-6-2/h7,9-10,12-15,19H,5-6,8,11,16-18H2,1-4H3,(H,29,33). The molecule has 0 spiro atoms. The molecule has 204 valence electrons. The first-order valence-electron chi connectivity index (χ1n) is 12.2. The Morgan fingerprint density at radius 2 is 1.68 bits per heavy atom. The molecule has 0 radical (unpaired) electrons. The van der Waals surface area contributed by atoms with E-state index in [-0.39, 0.29) is 37.7 Å². The Bertz CT molecular complexity index is 1140. The molecule has 0 bridgehead atoms. The summed E-state index contributed by atoms with van der Waals surface area (Å²) in [5, 5.41) is 3.60. The highest BCUT2D eigenvalue weighted by atomic mass is 35.5. The maximum Gasteiger partial charge on any atom is 0.242 e. The topological polar surface area (TPSA) is 96.0 Å². The molecule has 0 aliphatic carbocycles. The second-order valence-electron chi connectivity index (χ2n) is 8.55. The third-order valence-electron chi connectivity index (χ3n) is 5.69. The van der Waals surface area contributed by atoms with E-state index in [1.165, 1.54) is 9.21 Å². The molecule has 2 amide bonds. The quantitative estimate of drug-likeness (QED) is 0.348. The van der Waals surface area contributed by atoms with E-state index >= 15 is 0 Å². The molecule has 8 nitrogen and oxygen atoms in total. The van der Waals surface area contributed by atoms with Crippen molar-refractivity contribution in [2.75, 3.05) is 30.3 Å². The summed E-state index contributed by atoms with van der Waals surface area (Å²) in [6, 6.07) is 11.0. The van der Waals surface area contributed by atoms with E-state index < -0.39 is 16.1 Å². The largest absolute Gasteiger partial charge is 0.494 e. The molecular formula is C26H35Cl2N3O5S. The van der Waals surface area contributed by atoms with Crippen molar-refractivity contribution in [2.24, 2.45) is 0 Å². The summed E-state index contributed by atoms with van der Waals surface area (Å²) in [6.07, 6.45) is 2.15. The Hall–Kier alpha value is -2.49. The zero-order chi connectivity index (χ0) is 27.6. The van der Waals surface area contributed by atoms with Crippen LogP contribution in [0.2, 0.25) is 10.0 Å². The van der Waals surface area contributed by atoms with E-state index in [1.54, 1.807) is 49.4 Å². The van der Waals surface area contributed by atoms with Crippen LogP contribution in [0, 0.1) is 0 Å². The fraction of sp³-hybridized carbons (Fsp3) is 0.462. The van der Waals surface area contributed by atoms with Gasteiger partial charge in [-0.3, -0.25) is 13.9 Å². The van der Waals surface area contributed by atoms with Crippen LogP contribution in [0.15, 0.2) is 42.5 Å². The molecule has 1 atom stereocenters.